The molecule has 120 valence electrons. The molecular weight excluding hydrogens is 297 g/mol. The maximum atomic E-state index is 13.0. The summed E-state index contributed by atoms with van der Waals surface area (Å²) < 4.78 is 18.4. The van der Waals surface area contributed by atoms with E-state index in [4.69, 9.17) is 4.74 Å². The first-order valence-electron chi connectivity index (χ1n) is 7.31. The fourth-order valence-corrected chi connectivity index (χ4v) is 2.04. The Bertz CT molecular complexity index is 711. The first kappa shape index (κ1) is 16.7. The second-order valence-electron chi connectivity index (χ2n) is 5.10. The van der Waals surface area contributed by atoms with Gasteiger partial charge in [0.05, 0.1) is 0 Å². The highest BCUT2D eigenvalue weighted by atomic mass is 19.1. The second kappa shape index (κ2) is 7.54. The number of carbonyl (C=O) groups is 2. The Morgan fingerprint density at radius 1 is 1.13 bits per heavy atom. The molecule has 4 nitrogen and oxygen atoms in total. The lowest BCUT2D eigenvalue weighted by atomic mass is 10.1. The van der Waals surface area contributed by atoms with Crippen LogP contribution in [0, 0.1) is 12.7 Å². The van der Waals surface area contributed by atoms with Crippen molar-refractivity contribution in [3.8, 4) is 5.75 Å². The molecule has 0 spiro atoms. The number of hydrogen-bond donors (Lipinski definition) is 1. The van der Waals surface area contributed by atoms with Crippen LogP contribution in [0.2, 0.25) is 0 Å². The van der Waals surface area contributed by atoms with E-state index in [-0.39, 0.29) is 24.1 Å². The molecule has 2 rings (SSSR count). The molecular formula is C18H18FNO3. The number of ketones is 1. The maximum absolute atomic E-state index is 13.0. The highest BCUT2D eigenvalue weighted by molar-refractivity contribution is 5.96. The first-order chi connectivity index (χ1) is 11.0. The summed E-state index contributed by atoms with van der Waals surface area (Å²) >= 11 is 0. The Morgan fingerprint density at radius 2 is 1.83 bits per heavy atom. The number of rotatable bonds is 6. The van der Waals surface area contributed by atoms with Crippen molar-refractivity contribution in [1.29, 1.82) is 0 Å². The van der Waals surface area contributed by atoms with Crippen LogP contribution in [-0.2, 0) is 4.79 Å². The zero-order valence-electron chi connectivity index (χ0n) is 13.1. The van der Waals surface area contributed by atoms with Crippen LogP contribution in [0.25, 0.3) is 0 Å². The number of aryl methyl sites for hydroxylation is 1. The standard InChI is InChI=1S/C18H18FNO3/c1-3-17(21)13-4-7-15(8-5-13)23-11-18(22)20-16-9-6-14(19)10-12(16)2/h4-10H,3,11H2,1-2H3,(H,20,22). The third-order valence-electron chi connectivity index (χ3n) is 3.33. The van der Waals surface area contributed by atoms with Gasteiger partial charge in [0.1, 0.15) is 11.6 Å². The predicted molar refractivity (Wildman–Crippen MR) is 86.3 cm³/mol. The second-order valence-corrected chi connectivity index (χ2v) is 5.10. The van der Waals surface area contributed by atoms with Gasteiger partial charge in [-0.05, 0) is 55.0 Å². The van der Waals surface area contributed by atoms with Gasteiger partial charge >= 0.3 is 0 Å². The third-order valence-corrected chi connectivity index (χ3v) is 3.33. The summed E-state index contributed by atoms with van der Waals surface area (Å²) in [4.78, 5) is 23.4. The van der Waals surface area contributed by atoms with E-state index in [1.54, 1.807) is 38.1 Å². The molecule has 0 unspecified atom stereocenters. The normalized spacial score (nSPS) is 10.2. The maximum Gasteiger partial charge on any atom is 0.262 e. The number of ether oxygens (including phenoxy) is 1. The van der Waals surface area contributed by atoms with Gasteiger partial charge in [-0.2, -0.15) is 0 Å². The SMILES string of the molecule is CCC(=O)c1ccc(OCC(=O)Nc2ccc(F)cc2C)cc1. The molecule has 0 aromatic heterocycles. The van der Waals surface area contributed by atoms with Gasteiger partial charge in [-0.3, -0.25) is 9.59 Å². The van der Waals surface area contributed by atoms with Crippen molar-refractivity contribution in [2.24, 2.45) is 0 Å². The summed E-state index contributed by atoms with van der Waals surface area (Å²) in [7, 11) is 0. The van der Waals surface area contributed by atoms with Gasteiger partial charge in [0.25, 0.3) is 5.91 Å². The minimum atomic E-state index is -0.349. The van der Waals surface area contributed by atoms with E-state index in [0.717, 1.165) is 0 Å². The highest BCUT2D eigenvalue weighted by Gasteiger charge is 2.07. The minimum absolute atomic E-state index is 0.0566. The molecule has 0 aliphatic carbocycles. The Kier molecular flexibility index (Phi) is 5.46. The Morgan fingerprint density at radius 3 is 2.43 bits per heavy atom. The van der Waals surface area contributed by atoms with Gasteiger partial charge in [-0.1, -0.05) is 6.92 Å². The topological polar surface area (TPSA) is 55.4 Å². The van der Waals surface area contributed by atoms with Crippen molar-refractivity contribution in [2.45, 2.75) is 20.3 Å². The molecule has 0 radical (unpaired) electrons. The summed E-state index contributed by atoms with van der Waals surface area (Å²) in [6, 6.07) is 10.8. The smallest absolute Gasteiger partial charge is 0.262 e. The Hall–Kier alpha value is -2.69. The van der Waals surface area contributed by atoms with Gasteiger partial charge in [-0.15, -0.1) is 0 Å². The lowest BCUT2D eigenvalue weighted by Crippen LogP contribution is -2.20. The van der Waals surface area contributed by atoms with Crippen LogP contribution in [0.4, 0.5) is 10.1 Å². The van der Waals surface area contributed by atoms with Crippen molar-refractivity contribution < 1.29 is 18.7 Å². The number of anilines is 1. The first-order valence-corrected chi connectivity index (χ1v) is 7.31. The van der Waals surface area contributed by atoms with Crippen molar-refractivity contribution in [1.82, 2.24) is 0 Å². The van der Waals surface area contributed by atoms with Crippen molar-refractivity contribution in [2.75, 3.05) is 11.9 Å². The van der Waals surface area contributed by atoms with E-state index in [9.17, 15) is 14.0 Å². The van der Waals surface area contributed by atoms with Gasteiger partial charge in [0.2, 0.25) is 0 Å². The zero-order chi connectivity index (χ0) is 16.8. The quantitative estimate of drug-likeness (QED) is 0.826. The summed E-state index contributed by atoms with van der Waals surface area (Å²) in [5.41, 5.74) is 1.80. The van der Waals surface area contributed by atoms with Crippen molar-refractivity contribution in [3.63, 3.8) is 0 Å². The minimum Gasteiger partial charge on any atom is -0.484 e. The van der Waals surface area contributed by atoms with Crippen LogP contribution in [0.15, 0.2) is 42.5 Å². The zero-order valence-corrected chi connectivity index (χ0v) is 13.1. The van der Waals surface area contributed by atoms with Crippen LogP contribution in [0.3, 0.4) is 0 Å². The lowest BCUT2D eigenvalue weighted by molar-refractivity contribution is -0.118. The summed E-state index contributed by atoms with van der Waals surface area (Å²) in [6.45, 7) is 3.34. The lowest BCUT2D eigenvalue weighted by Gasteiger charge is -2.10. The monoisotopic (exact) mass is 315 g/mol. The number of Topliss-reactive ketones (excluding diaryl/α,β-unsaturated/α-hetero) is 1. The molecule has 0 fully saturated rings. The van der Waals surface area contributed by atoms with Crippen LogP contribution >= 0.6 is 0 Å². The highest BCUT2D eigenvalue weighted by Crippen LogP contribution is 2.16. The molecule has 1 N–H and O–H groups in total. The van der Waals surface area contributed by atoms with E-state index >= 15 is 0 Å². The van der Waals surface area contributed by atoms with Gasteiger partial charge < -0.3 is 10.1 Å². The number of nitrogens with one attached hydrogen (secondary N) is 1. The number of carbonyl (C=O) groups excluding carboxylic acids is 2. The average Bonchev–Trinajstić information content (AvgIpc) is 2.55. The van der Waals surface area contributed by atoms with Gasteiger partial charge in [-0.25, -0.2) is 4.39 Å². The summed E-state index contributed by atoms with van der Waals surface area (Å²) in [5.74, 6) is -0.128. The molecule has 2 aromatic carbocycles. The Labute approximate surface area is 134 Å². The number of halogens is 1. The van der Waals surface area contributed by atoms with E-state index in [2.05, 4.69) is 5.32 Å². The number of hydrogen-bond acceptors (Lipinski definition) is 3. The molecule has 5 heteroatoms. The van der Waals surface area contributed by atoms with E-state index < -0.39 is 0 Å². The predicted octanol–water partition coefficient (Wildman–Crippen LogP) is 3.74. The van der Waals surface area contributed by atoms with E-state index in [0.29, 0.717) is 29.0 Å². The van der Waals surface area contributed by atoms with Gasteiger partial charge in [0.15, 0.2) is 12.4 Å². The largest absolute Gasteiger partial charge is 0.484 e. The van der Waals surface area contributed by atoms with Crippen LogP contribution in [-0.4, -0.2) is 18.3 Å². The molecule has 1 amide bonds. The third kappa shape index (κ3) is 4.64. The number of amides is 1. The molecule has 0 aliphatic rings. The molecule has 0 heterocycles. The fourth-order valence-electron chi connectivity index (χ4n) is 2.04. The molecule has 0 bridgehead atoms. The van der Waals surface area contributed by atoms with Crippen molar-refractivity contribution in [3.05, 3.63) is 59.4 Å². The Balaban J connectivity index is 1.90. The average molecular weight is 315 g/mol. The number of benzene rings is 2. The molecule has 0 saturated heterocycles. The summed E-state index contributed by atoms with van der Waals surface area (Å²) in [5, 5.41) is 2.66. The molecule has 0 atom stereocenters. The van der Waals surface area contributed by atoms with Crippen LogP contribution in [0.5, 0.6) is 5.75 Å². The summed E-state index contributed by atoms with van der Waals surface area (Å²) in [6.07, 6.45) is 0.444. The van der Waals surface area contributed by atoms with E-state index in [1.165, 1.54) is 18.2 Å². The van der Waals surface area contributed by atoms with Crippen LogP contribution in [0.1, 0.15) is 29.3 Å². The van der Waals surface area contributed by atoms with E-state index in [1.807, 2.05) is 0 Å². The van der Waals surface area contributed by atoms with Crippen LogP contribution < -0.4 is 10.1 Å². The molecule has 0 aliphatic heterocycles. The van der Waals surface area contributed by atoms with Crippen molar-refractivity contribution >= 4 is 17.4 Å². The molecule has 2 aromatic rings. The fraction of sp³-hybridized carbons (Fsp3) is 0.222. The van der Waals surface area contributed by atoms with Gasteiger partial charge in [0, 0.05) is 17.7 Å². The molecule has 0 saturated carbocycles. The molecule has 23 heavy (non-hydrogen) atoms.